The maximum Gasteiger partial charge on any atom is 0.252 e. The van der Waals surface area contributed by atoms with Crippen molar-refractivity contribution in [3.05, 3.63) is 46.6 Å². The summed E-state index contributed by atoms with van der Waals surface area (Å²) in [5.74, 6) is -0.748. The van der Waals surface area contributed by atoms with Crippen molar-refractivity contribution in [2.45, 2.75) is 10.6 Å². The second-order valence-corrected chi connectivity index (χ2v) is 9.96. The Morgan fingerprint density at radius 3 is 2.48 bits per heavy atom. The van der Waals surface area contributed by atoms with Crippen molar-refractivity contribution in [3.63, 3.8) is 0 Å². The van der Waals surface area contributed by atoms with Gasteiger partial charge in [-0.3, -0.25) is 4.79 Å². The number of nitrogens with one attached hydrogen (secondary N) is 1. The summed E-state index contributed by atoms with van der Waals surface area (Å²) in [6.07, 6.45) is 0.210. The van der Waals surface area contributed by atoms with Crippen LogP contribution in [0.1, 0.15) is 6.42 Å². The SMILES string of the molecule is O=C(CCN1CCN(S(=O)(=O)c2ccc(Cl)s2)CC1)Nc1ccccc1F. The molecule has 146 valence electrons. The van der Waals surface area contributed by atoms with Gasteiger partial charge in [0.25, 0.3) is 10.0 Å². The van der Waals surface area contributed by atoms with Gasteiger partial charge in [-0.1, -0.05) is 23.7 Å². The third-order valence-electron chi connectivity index (χ3n) is 4.28. The molecule has 3 rings (SSSR count). The van der Waals surface area contributed by atoms with Crippen molar-refractivity contribution in [2.75, 3.05) is 38.0 Å². The van der Waals surface area contributed by atoms with Crippen molar-refractivity contribution >= 4 is 44.6 Å². The largest absolute Gasteiger partial charge is 0.324 e. The number of piperazine rings is 1. The van der Waals surface area contributed by atoms with Crippen LogP contribution in [0, 0.1) is 5.82 Å². The molecule has 0 aliphatic carbocycles. The summed E-state index contributed by atoms with van der Waals surface area (Å²) >= 11 is 6.88. The molecule has 1 amide bonds. The van der Waals surface area contributed by atoms with Crippen LogP contribution in [0.15, 0.2) is 40.6 Å². The predicted molar refractivity (Wildman–Crippen MR) is 104 cm³/mol. The number of carbonyl (C=O) groups excluding carboxylic acids is 1. The molecule has 2 aromatic rings. The van der Waals surface area contributed by atoms with Crippen LogP contribution in [0.2, 0.25) is 4.34 Å². The molecule has 0 saturated carbocycles. The number of carbonyl (C=O) groups is 1. The summed E-state index contributed by atoms with van der Waals surface area (Å²) in [6.45, 7) is 2.26. The molecule has 1 aliphatic rings. The van der Waals surface area contributed by atoms with Gasteiger partial charge < -0.3 is 10.2 Å². The summed E-state index contributed by atoms with van der Waals surface area (Å²) in [6, 6.07) is 9.09. The van der Waals surface area contributed by atoms with Gasteiger partial charge in [-0.05, 0) is 24.3 Å². The zero-order chi connectivity index (χ0) is 19.4. The first-order valence-corrected chi connectivity index (χ1v) is 11.0. The number of sulfonamides is 1. The van der Waals surface area contributed by atoms with Crippen LogP contribution in [-0.2, 0) is 14.8 Å². The number of amides is 1. The van der Waals surface area contributed by atoms with Crippen molar-refractivity contribution in [1.82, 2.24) is 9.21 Å². The van der Waals surface area contributed by atoms with Crippen LogP contribution < -0.4 is 5.32 Å². The number of nitrogens with zero attached hydrogens (tertiary/aromatic N) is 2. The van der Waals surface area contributed by atoms with Gasteiger partial charge in [-0.2, -0.15) is 4.31 Å². The van der Waals surface area contributed by atoms with E-state index < -0.39 is 15.8 Å². The molecule has 1 N–H and O–H groups in total. The molecular weight excluding hydrogens is 413 g/mol. The van der Waals surface area contributed by atoms with E-state index in [-0.39, 0.29) is 22.2 Å². The minimum absolute atomic E-state index is 0.160. The zero-order valence-electron chi connectivity index (χ0n) is 14.4. The van der Waals surface area contributed by atoms with Gasteiger partial charge in [0, 0.05) is 39.1 Å². The topological polar surface area (TPSA) is 69.7 Å². The molecule has 1 fully saturated rings. The summed E-state index contributed by atoms with van der Waals surface area (Å²) < 4.78 is 40.8. The molecule has 0 spiro atoms. The van der Waals surface area contributed by atoms with Gasteiger partial charge in [0.2, 0.25) is 5.91 Å². The molecule has 1 aliphatic heterocycles. The fraction of sp³-hybridized carbons (Fsp3) is 0.353. The van der Waals surface area contributed by atoms with Gasteiger partial charge in [-0.15, -0.1) is 11.3 Å². The second kappa shape index (κ2) is 8.66. The summed E-state index contributed by atoms with van der Waals surface area (Å²) in [5, 5.41) is 2.55. The Morgan fingerprint density at radius 2 is 1.85 bits per heavy atom. The smallest absolute Gasteiger partial charge is 0.252 e. The monoisotopic (exact) mass is 431 g/mol. The van der Waals surface area contributed by atoms with Crippen LogP contribution in [0.25, 0.3) is 0 Å². The van der Waals surface area contributed by atoms with Gasteiger partial charge in [0.05, 0.1) is 10.0 Å². The Balaban J connectivity index is 1.47. The maximum absolute atomic E-state index is 13.5. The second-order valence-electron chi connectivity index (χ2n) is 6.08. The highest BCUT2D eigenvalue weighted by Gasteiger charge is 2.29. The highest BCUT2D eigenvalue weighted by atomic mass is 35.5. The molecule has 0 unspecified atom stereocenters. The number of hydrogen-bond donors (Lipinski definition) is 1. The molecule has 2 heterocycles. The molecule has 1 aromatic carbocycles. The van der Waals surface area contributed by atoms with Crippen LogP contribution in [0.5, 0.6) is 0 Å². The number of para-hydroxylation sites is 1. The highest BCUT2D eigenvalue weighted by molar-refractivity contribution is 7.91. The third-order valence-corrected chi connectivity index (χ3v) is 7.87. The number of anilines is 1. The standard InChI is InChI=1S/C17H19ClFN3O3S2/c18-15-5-6-17(26-15)27(24,25)22-11-9-21(10-12-22)8-7-16(23)20-14-4-2-1-3-13(14)19/h1-6H,7-12H2,(H,20,23). The van der Waals surface area contributed by atoms with Crippen molar-refractivity contribution < 1.29 is 17.6 Å². The van der Waals surface area contributed by atoms with Gasteiger partial charge in [0.1, 0.15) is 10.0 Å². The van der Waals surface area contributed by atoms with E-state index in [1.165, 1.54) is 22.5 Å². The van der Waals surface area contributed by atoms with E-state index in [0.717, 1.165) is 11.3 Å². The lowest BCUT2D eigenvalue weighted by molar-refractivity contribution is -0.116. The van der Waals surface area contributed by atoms with Crippen LogP contribution >= 0.6 is 22.9 Å². The Labute approximate surface area is 166 Å². The van der Waals surface area contributed by atoms with E-state index in [0.29, 0.717) is 37.1 Å². The van der Waals surface area contributed by atoms with Gasteiger partial charge in [-0.25, -0.2) is 12.8 Å². The molecule has 6 nitrogen and oxygen atoms in total. The fourth-order valence-corrected chi connectivity index (χ4v) is 5.85. The van der Waals surface area contributed by atoms with E-state index in [4.69, 9.17) is 11.6 Å². The average molecular weight is 432 g/mol. The van der Waals surface area contributed by atoms with Crippen molar-refractivity contribution in [1.29, 1.82) is 0 Å². The van der Waals surface area contributed by atoms with E-state index >= 15 is 0 Å². The molecule has 0 atom stereocenters. The maximum atomic E-state index is 13.5. The van der Waals surface area contributed by atoms with Crippen molar-refractivity contribution in [2.24, 2.45) is 0 Å². The Bertz CT molecular complexity index is 912. The van der Waals surface area contributed by atoms with Crippen molar-refractivity contribution in [3.8, 4) is 0 Å². The van der Waals surface area contributed by atoms with Gasteiger partial charge >= 0.3 is 0 Å². The lowest BCUT2D eigenvalue weighted by Gasteiger charge is -2.33. The van der Waals surface area contributed by atoms with E-state index in [1.54, 1.807) is 18.2 Å². The number of thiophene rings is 1. The molecule has 1 aromatic heterocycles. The van der Waals surface area contributed by atoms with Crippen LogP contribution in [0.3, 0.4) is 0 Å². The highest BCUT2D eigenvalue weighted by Crippen LogP contribution is 2.28. The molecule has 10 heteroatoms. The summed E-state index contributed by atoms with van der Waals surface area (Å²) in [5.41, 5.74) is 0.160. The Morgan fingerprint density at radius 1 is 1.15 bits per heavy atom. The van der Waals surface area contributed by atoms with Crippen LogP contribution in [-0.4, -0.2) is 56.3 Å². The lowest BCUT2D eigenvalue weighted by Crippen LogP contribution is -2.48. The molecule has 0 radical (unpaired) electrons. The number of halogens is 2. The fourth-order valence-electron chi connectivity index (χ4n) is 2.79. The first-order valence-electron chi connectivity index (χ1n) is 8.38. The van der Waals surface area contributed by atoms with E-state index in [2.05, 4.69) is 5.32 Å². The first-order chi connectivity index (χ1) is 12.9. The molecule has 0 bridgehead atoms. The predicted octanol–water partition coefficient (Wildman–Crippen LogP) is 2.88. The number of benzene rings is 1. The van der Waals surface area contributed by atoms with Gasteiger partial charge in [0.15, 0.2) is 0 Å². The Kier molecular flexibility index (Phi) is 6.48. The third kappa shape index (κ3) is 5.05. The quantitative estimate of drug-likeness (QED) is 0.763. The number of hydrogen-bond acceptors (Lipinski definition) is 5. The van der Waals surface area contributed by atoms with E-state index in [1.807, 2.05) is 4.90 Å². The molecule has 1 saturated heterocycles. The molecular formula is C17H19ClFN3O3S2. The lowest BCUT2D eigenvalue weighted by atomic mass is 10.2. The zero-order valence-corrected chi connectivity index (χ0v) is 16.8. The average Bonchev–Trinajstić information content (AvgIpc) is 3.09. The minimum Gasteiger partial charge on any atom is -0.324 e. The summed E-state index contributed by atoms with van der Waals surface area (Å²) in [4.78, 5) is 14.0. The Hall–Kier alpha value is -1.52. The summed E-state index contributed by atoms with van der Waals surface area (Å²) in [7, 11) is -3.52. The number of rotatable bonds is 6. The minimum atomic E-state index is -3.52. The first kappa shape index (κ1) is 20.2. The normalized spacial score (nSPS) is 16.4. The molecule has 27 heavy (non-hydrogen) atoms. The van der Waals surface area contributed by atoms with E-state index in [9.17, 15) is 17.6 Å². The van der Waals surface area contributed by atoms with Crippen LogP contribution in [0.4, 0.5) is 10.1 Å².